The van der Waals surface area contributed by atoms with Crippen LogP contribution in [-0.4, -0.2) is 22.7 Å². The van der Waals surface area contributed by atoms with Crippen molar-refractivity contribution < 1.29 is 9.66 Å². The van der Waals surface area contributed by atoms with Crippen molar-refractivity contribution >= 4 is 11.4 Å². The fourth-order valence-electron chi connectivity index (χ4n) is 1.58. The largest absolute Gasteiger partial charge is 0.377 e. The number of rotatable bonds is 2. The molecule has 1 aromatic rings. The number of hydrogen-bond acceptors (Lipinski definition) is 4. The molecule has 1 aliphatic rings. The van der Waals surface area contributed by atoms with Gasteiger partial charge >= 0.3 is 11.2 Å². The molecule has 0 bridgehead atoms. The molecule has 1 aromatic heterocycles. The third kappa shape index (κ3) is 3.04. The first-order chi connectivity index (χ1) is 8.70. The lowest BCUT2D eigenvalue weighted by molar-refractivity contribution is -0.386. The first-order valence-corrected chi connectivity index (χ1v) is 5.83. The molecule has 0 N–H and O–H groups in total. The van der Waals surface area contributed by atoms with Crippen LogP contribution in [0.15, 0.2) is 29.2 Å². The predicted octanol–water partition coefficient (Wildman–Crippen LogP) is 2.04. The number of ether oxygens (including phenoxy) is 1. The second kappa shape index (κ2) is 6.70. The standard InChI is InChI=1S/C10H10N2O4.C2H6/c13-10-9(12(14)15)2-1-5-11(10)8-3-6-16-7-4-8;1-2/h1-3,5H,4,6-7H2;1-2H3. The third-order valence-electron chi connectivity index (χ3n) is 2.37. The molecule has 0 fully saturated rings. The number of nitrogens with zero attached hydrogens (tertiary/aromatic N) is 2. The third-order valence-corrected chi connectivity index (χ3v) is 2.37. The summed E-state index contributed by atoms with van der Waals surface area (Å²) in [6.07, 6.45) is 3.88. The van der Waals surface area contributed by atoms with Gasteiger partial charge in [0, 0.05) is 24.4 Å². The van der Waals surface area contributed by atoms with Crippen LogP contribution in [0.1, 0.15) is 20.3 Å². The van der Waals surface area contributed by atoms with Crippen molar-refractivity contribution in [3.8, 4) is 0 Å². The number of nitro groups is 1. The van der Waals surface area contributed by atoms with Gasteiger partial charge < -0.3 is 4.74 Å². The second-order valence-electron chi connectivity index (χ2n) is 3.35. The van der Waals surface area contributed by atoms with Crippen LogP contribution in [0.3, 0.4) is 0 Å². The molecular formula is C12H16N2O4. The van der Waals surface area contributed by atoms with Gasteiger partial charge in [-0.05, 0) is 12.1 Å². The van der Waals surface area contributed by atoms with Crippen LogP contribution in [-0.2, 0) is 4.74 Å². The van der Waals surface area contributed by atoms with E-state index >= 15 is 0 Å². The molecule has 0 saturated heterocycles. The summed E-state index contributed by atoms with van der Waals surface area (Å²) in [5, 5.41) is 10.6. The first-order valence-electron chi connectivity index (χ1n) is 5.83. The van der Waals surface area contributed by atoms with Gasteiger partial charge in [-0.1, -0.05) is 13.8 Å². The van der Waals surface area contributed by atoms with Crippen LogP contribution in [0.4, 0.5) is 5.69 Å². The number of pyridine rings is 1. The van der Waals surface area contributed by atoms with Crippen LogP contribution in [0.25, 0.3) is 5.70 Å². The van der Waals surface area contributed by atoms with Crippen molar-refractivity contribution in [1.29, 1.82) is 0 Å². The van der Waals surface area contributed by atoms with E-state index < -0.39 is 16.2 Å². The summed E-state index contributed by atoms with van der Waals surface area (Å²) >= 11 is 0. The van der Waals surface area contributed by atoms with Crippen molar-refractivity contribution in [2.75, 3.05) is 13.2 Å². The van der Waals surface area contributed by atoms with Gasteiger partial charge in [-0.25, -0.2) is 0 Å². The van der Waals surface area contributed by atoms with Crippen LogP contribution >= 0.6 is 0 Å². The summed E-state index contributed by atoms with van der Waals surface area (Å²) in [5.41, 5.74) is -0.254. The summed E-state index contributed by atoms with van der Waals surface area (Å²) in [6.45, 7) is 4.96. The fraction of sp³-hybridized carbons (Fsp3) is 0.417. The van der Waals surface area contributed by atoms with Gasteiger partial charge in [0.05, 0.1) is 18.1 Å². The summed E-state index contributed by atoms with van der Waals surface area (Å²) in [5.74, 6) is 0. The lowest BCUT2D eigenvalue weighted by Crippen LogP contribution is -2.23. The van der Waals surface area contributed by atoms with Gasteiger partial charge in [0.15, 0.2) is 0 Å². The Kier molecular flexibility index (Phi) is 5.26. The molecule has 0 amide bonds. The van der Waals surface area contributed by atoms with Crippen LogP contribution < -0.4 is 5.56 Å². The van der Waals surface area contributed by atoms with E-state index in [1.54, 1.807) is 6.08 Å². The highest BCUT2D eigenvalue weighted by atomic mass is 16.6. The second-order valence-corrected chi connectivity index (χ2v) is 3.35. The summed E-state index contributed by atoms with van der Waals surface area (Å²) < 4.78 is 6.42. The average Bonchev–Trinajstić information content (AvgIpc) is 2.42. The van der Waals surface area contributed by atoms with Crippen molar-refractivity contribution in [2.24, 2.45) is 0 Å². The normalized spacial score (nSPS) is 14.2. The maximum absolute atomic E-state index is 11.7. The molecule has 18 heavy (non-hydrogen) atoms. The topological polar surface area (TPSA) is 74.4 Å². The van der Waals surface area contributed by atoms with Gasteiger partial charge in [-0.2, -0.15) is 0 Å². The monoisotopic (exact) mass is 252 g/mol. The van der Waals surface area contributed by atoms with Crippen LogP contribution in [0.5, 0.6) is 0 Å². The molecule has 6 heteroatoms. The van der Waals surface area contributed by atoms with Gasteiger partial charge in [0.25, 0.3) is 0 Å². The highest BCUT2D eigenvalue weighted by Crippen LogP contribution is 2.13. The number of hydrogen-bond donors (Lipinski definition) is 0. The Bertz CT molecular complexity index is 505. The lowest BCUT2D eigenvalue weighted by atomic mass is 10.2. The molecule has 2 rings (SSSR count). The Morgan fingerprint density at radius 3 is 2.72 bits per heavy atom. The Morgan fingerprint density at radius 2 is 2.17 bits per heavy atom. The summed E-state index contributed by atoms with van der Waals surface area (Å²) in [7, 11) is 0. The number of aromatic nitrogens is 1. The zero-order chi connectivity index (χ0) is 13.5. The Labute approximate surface area is 105 Å². The van der Waals surface area contributed by atoms with E-state index in [0.717, 1.165) is 5.70 Å². The molecule has 0 aliphatic carbocycles. The Morgan fingerprint density at radius 1 is 1.44 bits per heavy atom. The molecule has 1 aliphatic heterocycles. The molecule has 6 nitrogen and oxygen atoms in total. The predicted molar refractivity (Wildman–Crippen MR) is 68.4 cm³/mol. The van der Waals surface area contributed by atoms with Crippen molar-refractivity contribution in [3.05, 3.63) is 44.9 Å². The first kappa shape index (κ1) is 14.1. The Balaban J connectivity index is 0.000000771. The molecule has 2 heterocycles. The van der Waals surface area contributed by atoms with E-state index in [2.05, 4.69) is 0 Å². The molecule has 0 radical (unpaired) electrons. The van der Waals surface area contributed by atoms with E-state index in [4.69, 9.17) is 4.74 Å². The van der Waals surface area contributed by atoms with Crippen molar-refractivity contribution in [2.45, 2.75) is 20.3 Å². The van der Waals surface area contributed by atoms with E-state index in [1.165, 1.54) is 22.9 Å². The molecule has 0 atom stereocenters. The molecule has 0 spiro atoms. The van der Waals surface area contributed by atoms with Gasteiger partial charge in [0.1, 0.15) is 0 Å². The maximum atomic E-state index is 11.7. The zero-order valence-corrected chi connectivity index (χ0v) is 10.5. The van der Waals surface area contributed by atoms with Crippen molar-refractivity contribution in [1.82, 2.24) is 4.57 Å². The zero-order valence-electron chi connectivity index (χ0n) is 10.5. The molecule has 98 valence electrons. The van der Waals surface area contributed by atoms with Crippen molar-refractivity contribution in [3.63, 3.8) is 0 Å². The van der Waals surface area contributed by atoms with E-state index in [-0.39, 0.29) is 0 Å². The molecule has 0 aromatic carbocycles. The van der Waals surface area contributed by atoms with E-state index in [0.29, 0.717) is 19.6 Å². The lowest BCUT2D eigenvalue weighted by Gasteiger charge is -2.14. The van der Waals surface area contributed by atoms with E-state index in [9.17, 15) is 14.9 Å². The van der Waals surface area contributed by atoms with E-state index in [1.807, 2.05) is 13.8 Å². The highest BCUT2D eigenvalue weighted by molar-refractivity contribution is 5.48. The summed E-state index contributed by atoms with van der Waals surface area (Å²) in [6, 6.07) is 2.70. The fourth-order valence-corrected chi connectivity index (χ4v) is 1.58. The molecule has 0 unspecified atom stereocenters. The van der Waals surface area contributed by atoms with Crippen LogP contribution in [0.2, 0.25) is 0 Å². The average molecular weight is 252 g/mol. The maximum Gasteiger partial charge on any atom is 0.334 e. The smallest absolute Gasteiger partial charge is 0.334 e. The molecular weight excluding hydrogens is 236 g/mol. The minimum Gasteiger partial charge on any atom is -0.377 e. The Hall–Kier alpha value is -1.95. The van der Waals surface area contributed by atoms with Crippen LogP contribution in [0, 0.1) is 10.1 Å². The van der Waals surface area contributed by atoms with Gasteiger partial charge in [-0.3, -0.25) is 19.5 Å². The minimum atomic E-state index is -0.668. The van der Waals surface area contributed by atoms with Gasteiger partial charge in [0.2, 0.25) is 0 Å². The highest BCUT2D eigenvalue weighted by Gasteiger charge is 2.16. The quantitative estimate of drug-likeness (QED) is 0.596. The SMILES string of the molecule is CC.O=c1c([N+](=O)[O-])cccn1C1=CCOCC1. The minimum absolute atomic E-state index is 0.408. The molecule has 0 saturated carbocycles. The van der Waals surface area contributed by atoms with Gasteiger partial charge in [-0.15, -0.1) is 0 Å². The summed E-state index contributed by atoms with van der Waals surface area (Å²) in [4.78, 5) is 21.7.